The highest BCUT2D eigenvalue weighted by atomic mass is 32.2. The standard InChI is InChI=1S/C19H16F3N5O2S/c1-23-30(28,29)13-7-14(16-9-27(2)10-24-16)17-15(8-13)25-18(26-17)11-4-3-5-12(6-11)19(20,21)22/h3-10,23H,1-2H3,(H,25,26). The van der Waals surface area contributed by atoms with Crippen molar-refractivity contribution in [2.24, 2.45) is 7.05 Å². The fourth-order valence-electron chi connectivity index (χ4n) is 3.09. The maximum Gasteiger partial charge on any atom is 0.416 e. The number of fused-ring (bicyclic) bond motifs is 1. The summed E-state index contributed by atoms with van der Waals surface area (Å²) in [5, 5.41) is 0. The second-order valence-electron chi connectivity index (χ2n) is 6.66. The first-order chi connectivity index (χ1) is 14.1. The minimum Gasteiger partial charge on any atom is -0.340 e. The Morgan fingerprint density at radius 2 is 1.93 bits per heavy atom. The van der Waals surface area contributed by atoms with E-state index in [9.17, 15) is 21.6 Å². The van der Waals surface area contributed by atoms with Crippen molar-refractivity contribution >= 4 is 21.1 Å². The Morgan fingerprint density at radius 1 is 1.17 bits per heavy atom. The van der Waals surface area contributed by atoms with Crippen LogP contribution in [0.25, 0.3) is 33.7 Å². The molecule has 0 atom stereocenters. The number of nitrogens with zero attached hydrogens (tertiary/aromatic N) is 3. The highest BCUT2D eigenvalue weighted by Gasteiger charge is 2.30. The van der Waals surface area contributed by atoms with Gasteiger partial charge in [0.05, 0.1) is 33.5 Å². The Morgan fingerprint density at radius 3 is 2.57 bits per heavy atom. The number of hydrogen-bond acceptors (Lipinski definition) is 4. The Kier molecular flexibility index (Phi) is 4.66. The number of rotatable bonds is 4. The van der Waals surface area contributed by atoms with Gasteiger partial charge < -0.3 is 9.55 Å². The zero-order chi connectivity index (χ0) is 21.7. The van der Waals surface area contributed by atoms with Gasteiger partial charge in [0, 0.05) is 24.4 Å². The van der Waals surface area contributed by atoms with E-state index < -0.39 is 21.8 Å². The number of H-pyrrole nitrogens is 1. The zero-order valence-corrected chi connectivity index (χ0v) is 16.6. The van der Waals surface area contributed by atoms with Gasteiger partial charge in [-0.2, -0.15) is 13.2 Å². The van der Waals surface area contributed by atoms with Crippen molar-refractivity contribution in [3.63, 3.8) is 0 Å². The summed E-state index contributed by atoms with van der Waals surface area (Å²) in [5.41, 5.74) is 1.11. The van der Waals surface area contributed by atoms with Crippen LogP contribution in [0.1, 0.15) is 5.56 Å². The molecule has 0 aliphatic rings. The molecule has 0 unspecified atom stereocenters. The van der Waals surface area contributed by atoms with Gasteiger partial charge in [0.1, 0.15) is 5.82 Å². The Labute approximate surface area is 169 Å². The maximum absolute atomic E-state index is 13.1. The quantitative estimate of drug-likeness (QED) is 0.513. The monoisotopic (exact) mass is 435 g/mol. The Hall–Kier alpha value is -3.18. The van der Waals surface area contributed by atoms with Crippen molar-refractivity contribution in [2.75, 3.05) is 7.05 Å². The van der Waals surface area contributed by atoms with Crippen LogP contribution in [0.5, 0.6) is 0 Å². The van der Waals surface area contributed by atoms with E-state index in [4.69, 9.17) is 0 Å². The van der Waals surface area contributed by atoms with Gasteiger partial charge in [-0.3, -0.25) is 0 Å². The van der Waals surface area contributed by atoms with Gasteiger partial charge in [-0.1, -0.05) is 12.1 Å². The molecule has 0 amide bonds. The molecule has 4 aromatic rings. The molecule has 0 aliphatic heterocycles. The van der Waals surface area contributed by atoms with Gasteiger partial charge in [0.25, 0.3) is 0 Å². The summed E-state index contributed by atoms with van der Waals surface area (Å²) in [4.78, 5) is 11.6. The van der Waals surface area contributed by atoms with Crippen LogP contribution in [0, 0.1) is 0 Å². The highest BCUT2D eigenvalue weighted by molar-refractivity contribution is 7.89. The molecule has 0 aliphatic carbocycles. The van der Waals surface area contributed by atoms with Crippen LogP contribution < -0.4 is 4.72 Å². The van der Waals surface area contributed by atoms with Crippen molar-refractivity contribution in [3.05, 3.63) is 54.5 Å². The van der Waals surface area contributed by atoms with E-state index in [1.807, 2.05) is 0 Å². The molecule has 4 rings (SSSR count). The average molecular weight is 435 g/mol. The van der Waals surface area contributed by atoms with E-state index in [1.165, 1.54) is 31.3 Å². The maximum atomic E-state index is 13.1. The molecule has 0 fully saturated rings. The van der Waals surface area contributed by atoms with Gasteiger partial charge in [-0.05, 0) is 31.3 Å². The molecule has 0 saturated carbocycles. The van der Waals surface area contributed by atoms with Gasteiger partial charge in [0.2, 0.25) is 10.0 Å². The van der Waals surface area contributed by atoms with E-state index >= 15 is 0 Å². The molecular formula is C19H16F3N5O2S. The molecule has 2 N–H and O–H groups in total. The zero-order valence-electron chi connectivity index (χ0n) is 15.8. The predicted molar refractivity (Wildman–Crippen MR) is 105 cm³/mol. The number of hydrogen-bond donors (Lipinski definition) is 2. The van der Waals surface area contributed by atoms with Crippen LogP contribution in [-0.4, -0.2) is 35.0 Å². The molecule has 30 heavy (non-hydrogen) atoms. The van der Waals surface area contributed by atoms with Crippen LogP contribution in [0.15, 0.2) is 53.8 Å². The van der Waals surface area contributed by atoms with Crippen molar-refractivity contribution in [1.82, 2.24) is 24.2 Å². The highest BCUT2D eigenvalue weighted by Crippen LogP contribution is 2.34. The predicted octanol–water partition coefficient (Wildman–Crippen LogP) is 3.56. The van der Waals surface area contributed by atoms with E-state index in [2.05, 4.69) is 19.7 Å². The molecule has 2 heterocycles. The summed E-state index contributed by atoms with van der Waals surface area (Å²) < 4.78 is 67.9. The molecular weight excluding hydrogens is 419 g/mol. The summed E-state index contributed by atoms with van der Waals surface area (Å²) in [6.07, 6.45) is -1.24. The SMILES string of the molecule is CNS(=O)(=O)c1cc(-c2cn(C)cn2)c2nc(-c3cccc(C(F)(F)F)c3)[nH]c2c1. The summed E-state index contributed by atoms with van der Waals surface area (Å²) in [7, 11) is -0.719. The lowest BCUT2D eigenvalue weighted by atomic mass is 10.1. The molecule has 0 saturated heterocycles. The fourth-order valence-corrected chi connectivity index (χ4v) is 3.87. The van der Waals surface area contributed by atoms with Gasteiger partial charge in [-0.25, -0.2) is 23.1 Å². The number of alkyl halides is 3. The third-order valence-corrected chi connectivity index (χ3v) is 5.98. The lowest BCUT2D eigenvalue weighted by Crippen LogP contribution is -2.18. The van der Waals surface area contributed by atoms with Crippen molar-refractivity contribution < 1.29 is 21.6 Å². The third kappa shape index (κ3) is 3.57. The molecule has 0 bridgehead atoms. The van der Waals surface area contributed by atoms with Crippen molar-refractivity contribution in [3.8, 4) is 22.6 Å². The minimum atomic E-state index is -4.49. The van der Waals surface area contributed by atoms with Gasteiger partial charge >= 0.3 is 6.18 Å². The summed E-state index contributed by atoms with van der Waals surface area (Å²) >= 11 is 0. The Balaban J connectivity index is 1.96. The summed E-state index contributed by atoms with van der Waals surface area (Å²) in [5.74, 6) is 0.187. The summed E-state index contributed by atoms with van der Waals surface area (Å²) in [6.45, 7) is 0. The van der Waals surface area contributed by atoms with Gasteiger partial charge in [-0.15, -0.1) is 0 Å². The largest absolute Gasteiger partial charge is 0.416 e. The van der Waals surface area contributed by atoms with E-state index in [1.54, 1.807) is 24.1 Å². The second kappa shape index (κ2) is 6.96. The minimum absolute atomic E-state index is 0.0163. The summed E-state index contributed by atoms with van der Waals surface area (Å²) in [6, 6.07) is 7.58. The molecule has 0 radical (unpaired) electrons. The smallest absolute Gasteiger partial charge is 0.340 e. The third-order valence-electron chi connectivity index (χ3n) is 4.58. The second-order valence-corrected chi connectivity index (χ2v) is 8.55. The number of imidazole rings is 2. The lowest BCUT2D eigenvalue weighted by Gasteiger charge is -2.07. The number of benzene rings is 2. The lowest BCUT2D eigenvalue weighted by molar-refractivity contribution is -0.137. The molecule has 156 valence electrons. The normalized spacial score (nSPS) is 12.6. The van der Waals surface area contributed by atoms with E-state index in [0.717, 1.165) is 12.1 Å². The number of aryl methyl sites for hydroxylation is 1. The molecule has 11 heteroatoms. The van der Waals surface area contributed by atoms with Crippen LogP contribution >= 0.6 is 0 Å². The molecule has 0 spiro atoms. The number of halogens is 3. The first kappa shape index (κ1) is 20.1. The van der Waals surface area contributed by atoms with Gasteiger partial charge in [0.15, 0.2) is 0 Å². The average Bonchev–Trinajstić information content (AvgIpc) is 3.32. The first-order valence-corrected chi connectivity index (χ1v) is 10.2. The number of aromatic nitrogens is 4. The van der Waals surface area contributed by atoms with Crippen LogP contribution in [-0.2, 0) is 23.2 Å². The van der Waals surface area contributed by atoms with Crippen LogP contribution in [0.2, 0.25) is 0 Å². The first-order valence-electron chi connectivity index (χ1n) is 8.72. The number of sulfonamides is 1. The van der Waals surface area contributed by atoms with E-state index in [0.29, 0.717) is 22.3 Å². The molecule has 2 aromatic carbocycles. The van der Waals surface area contributed by atoms with Crippen LogP contribution in [0.4, 0.5) is 13.2 Å². The fraction of sp³-hybridized carbons (Fsp3) is 0.158. The molecule has 2 aromatic heterocycles. The van der Waals surface area contributed by atoms with Crippen molar-refractivity contribution in [1.29, 1.82) is 0 Å². The van der Waals surface area contributed by atoms with Crippen molar-refractivity contribution in [2.45, 2.75) is 11.1 Å². The van der Waals surface area contributed by atoms with E-state index in [-0.39, 0.29) is 16.3 Å². The van der Waals surface area contributed by atoms with Crippen LogP contribution in [0.3, 0.4) is 0 Å². The number of aromatic amines is 1. The molecule has 7 nitrogen and oxygen atoms in total. The number of nitrogens with one attached hydrogen (secondary N) is 2. The Bertz CT molecular complexity index is 1360. The topological polar surface area (TPSA) is 92.7 Å².